The van der Waals surface area contributed by atoms with Crippen molar-refractivity contribution >= 4 is 0 Å². The van der Waals surface area contributed by atoms with Crippen molar-refractivity contribution in [2.75, 3.05) is 6.54 Å². The van der Waals surface area contributed by atoms with Crippen LogP contribution < -0.4 is 5.73 Å². The second kappa shape index (κ2) is 3.97. The molecule has 2 aromatic rings. The van der Waals surface area contributed by atoms with Crippen LogP contribution in [-0.4, -0.2) is 27.2 Å². The summed E-state index contributed by atoms with van der Waals surface area (Å²) in [4.78, 5) is 0. The fourth-order valence-corrected chi connectivity index (χ4v) is 1.27. The summed E-state index contributed by atoms with van der Waals surface area (Å²) in [5.74, 6) is 0.615. The van der Waals surface area contributed by atoms with E-state index in [1.54, 1.807) is 0 Å². The highest BCUT2D eigenvalue weighted by atomic mass is 15.5. The molecule has 0 unspecified atom stereocenters. The summed E-state index contributed by atoms with van der Waals surface area (Å²) in [6, 6.07) is 7.99. The molecule has 0 aliphatic carbocycles. The zero-order valence-corrected chi connectivity index (χ0v) is 7.64. The van der Waals surface area contributed by atoms with Crippen molar-refractivity contribution in [2.45, 2.75) is 6.42 Å². The molecular weight excluding hydrogens is 178 g/mol. The predicted molar refractivity (Wildman–Crippen MR) is 52.4 cm³/mol. The van der Waals surface area contributed by atoms with Gasteiger partial charge in [-0.3, -0.25) is 0 Å². The van der Waals surface area contributed by atoms with E-state index in [1.807, 2.05) is 24.3 Å². The number of aromatic amines is 1. The largest absolute Gasteiger partial charge is 0.330 e. The maximum absolute atomic E-state index is 5.45. The Hall–Kier alpha value is -1.75. The summed E-state index contributed by atoms with van der Waals surface area (Å²) >= 11 is 0. The number of nitrogens with two attached hydrogens (primary N) is 1. The van der Waals surface area contributed by atoms with E-state index in [-0.39, 0.29) is 0 Å². The Bertz CT molecular complexity index is 378. The molecule has 0 aliphatic heterocycles. The topological polar surface area (TPSA) is 80.5 Å². The molecule has 0 aliphatic rings. The zero-order valence-electron chi connectivity index (χ0n) is 7.64. The normalized spacial score (nSPS) is 10.4. The fraction of sp³-hybridized carbons (Fsp3) is 0.222. The van der Waals surface area contributed by atoms with Gasteiger partial charge in [0.05, 0.1) is 0 Å². The third-order valence-electron chi connectivity index (χ3n) is 1.99. The van der Waals surface area contributed by atoms with Gasteiger partial charge < -0.3 is 5.73 Å². The van der Waals surface area contributed by atoms with Crippen LogP contribution in [0.1, 0.15) is 5.56 Å². The Balaban J connectivity index is 2.22. The summed E-state index contributed by atoms with van der Waals surface area (Å²) in [5.41, 5.74) is 7.63. The quantitative estimate of drug-likeness (QED) is 0.730. The first-order valence-corrected chi connectivity index (χ1v) is 4.43. The van der Waals surface area contributed by atoms with E-state index < -0.39 is 0 Å². The van der Waals surface area contributed by atoms with Gasteiger partial charge in [-0.05, 0) is 23.7 Å². The Morgan fingerprint density at radius 3 is 2.57 bits per heavy atom. The molecule has 2 rings (SSSR count). The van der Waals surface area contributed by atoms with Gasteiger partial charge in [0.2, 0.25) is 5.82 Å². The van der Waals surface area contributed by atoms with Gasteiger partial charge in [-0.15, -0.1) is 10.2 Å². The molecule has 0 saturated heterocycles. The lowest BCUT2D eigenvalue weighted by atomic mass is 10.1. The molecule has 0 fully saturated rings. The van der Waals surface area contributed by atoms with Gasteiger partial charge in [0.1, 0.15) is 0 Å². The molecule has 0 spiro atoms. The molecule has 0 amide bonds. The maximum Gasteiger partial charge on any atom is 0.204 e. The van der Waals surface area contributed by atoms with Crippen molar-refractivity contribution < 1.29 is 0 Å². The number of hydrogen-bond acceptors (Lipinski definition) is 4. The average Bonchev–Trinajstić information content (AvgIpc) is 2.72. The lowest BCUT2D eigenvalue weighted by molar-refractivity contribution is 0.881. The highest BCUT2D eigenvalue weighted by Gasteiger charge is 2.01. The van der Waals surface area contributed by atoms with Gasteiger partial charge in [-0.25, -0.2) is 0 Å². The lowest BCUT2D eigenvalue weighted by Crippen LogP contribution is -2.02. The molecule has 1 aromatic heterocycles. The monoisotopic (exact) mass is 189 g/mol. The minimum absolute atomic E-state index is 0.615. The molecule has 5 heteroatoms. The molecule has 3 N–H and O–H groups in total. The van der Waals surface area contributed by atoms with Crippen LogP contribution in [0.25, 0.3) is 11.4 Å². The molecule has 1 aromatic carbocycles. The van der Waals surface area contributed by atoms with E-state index in [0.717, 1.165) is 12.0 Å². The van der Waals surface area contributed by atoms with Gasteiger partial charge in [0, 0.05) is 5.56 Å². The Kier molecular flexibility index (Phi) is 2.51. The standard InChI is InChI=1S/C9H11N5/c10-6-5-7-1-3-8(4-2-7)9-11-13-14-12-9/h1-4H,5-6,10H2,(H,11,12,13,14). The molecule has 0 bridgehead atoms. The number of tetrazole rings is 1. The highest BCUT2D eigenvalue weighted by Crippen LogP contribution is 2.13. The van der Waals surface area contributed by atoms with Crippen molar-refractivity contribution in [3.05, 3.63) is 29.8 Å². The summed E-state index contributed by atoms with van der Waals surface area (Å²) in [6.07, 6.45) is 0.895. The number of benzene rings is 1. The lowest BCUT2D eigenvalue weighted by Gasteiger charge is -1.98. The van der Waals surface area contributed by atoms with Crippen molar-refractivity contribution in [1.29, 1.82) is 0 Å². The van der Waals surface area contributed by atoms with Crippen molar-refractivity contribution in [3.8, 4) is 11.4 Å². The number of rotatable bonds is 3. The van der Waals surface area contributed by atoms with E-state index in [2.05, 4.69) is 20.6 Å². The van der Waals surface area contributed by atoms with E-state index in [0.29, 0.717) is 12.4 Å². The average molecular weight is 189 g/mol. The smallest absolute Gasteiger partial charge is 0.204 e. The van der Waals surface area contributed by atoms with Crippen LogP contribution in [0.3, 0.4) is 0 Å². The molecule has 5 nitrogen and oxygen atoms in total. The highest BCUT2D eigenvalue weighted by molar-refractivity contribution is 5.54. The molecule has 0 saturated carbocycles. The Morgan fingerprint density at radius 1 is 1.21 bits per heavy atom. The van der Waals surface area contributed by atoms with E-state index >= 15 is 0 Å². The second-order valence-electron chi connectivity index (χ2n) is 2.97. The molecular formula is C9H11N5. The number of hydrogen-bond donors (Lipinski definition) is 2. The minimum Gasteiger partial charge on any atom is -0.330 e. The van der Waals surface area contributed by atoms with Crippen LogP contribution in [0.5, 0.6) is 0 Å². The van der Waals surface area contributed by atoms with Crippen molar-refractivity contribution in [3.63, 3.8) is 0 Å². The van der Waals surface area contributed by atoms with E-state index in [4.69, 9.17) is 5.73 Å². The number of nitrogens with one attached hydrogen (secondary N) is 1. The fourth-order valence-electron chi connectivity index (χ4n) is 1.27. The van der Waals surface area contributed by atoms with Gasteiger partial charge in [-0.2, -0.15) is 5.21 Å². The van der Waals surface area contributed by atoms with E-state index in [1.165, 1.54) is 5.56 Å². The van der Waals surface area contributed by atoms with Gasteiger partial charge in [0.25, 0.3) is 0 Å². The van der Waals surface area contributed by atoms with Crippen LogP contribution in [-0.2, 0) is 6.42 Å². The van der Waals surface area contributed by atoms with Crippen molar-refractivity contribution in [1.82, 2.24) is 20.6 Å². The second-order valence-corrected chi connectivity index (χ2v) is 2.97. The number of aromatic nitrogens is 4. The third-order valence-corrected chi connectivity index (χ3v) is 1.99. The summed E-state index contributed by atoms with van der Waals surface area (Å²) in [5, 5.41) is 13.7. The number of nitrogens with zero attached hydrogens (tertiary/aromatic N) is 3. The van der Waals surface area contributed by atoms with Crippen LogP contribution in [0.15, 0.2) is 24.3 Å². The molecule has 0 radical (unpaired) electrons. The Labute approximate surface area is 81.3 Å². The van der Waals surface area contributed by atoms with Crippen LogP contribution >= 0.6 is 0 Å². The summed E-state index contributed by atoms with van der Waals surface area (Å²) in [7, 11) is 0. The van der Waals surface area contributed by atoms with E-state index in [9.17, 15) is 0 Å². The summed E-state index contributed by atoms with van der Waals surface area (Å²) < 4.78 is 0. The maximum atomic E-state index is 5.45. The van der Waals surface area contributed by atoms with Gasteiger partial charge in [-0.1, -0.05) is 24.3 Å². The van der Waals surface area contributed by atoms with Crippen LogP contribution in [0, 0.1) is 0 Å². The molecule has 1 heterocycles. The first-order chi connectivity index (χ1) is 6.90. The van der Waals surface area contributed by atoms with Crippen LogP contribution in [0.2, 0.25) is 0 Å². The zero-order chi connectivity index (χ0) is 9.80. The Morgan fingerprint density at radius 2 is 2.00 bits per heavy atom. The molecule has 14 heavy (non-hydrogen) atoms. The van der Waals surface area contributed by atoms with Gasteiger partial charge in [0.15, 0.2) is 0 Å². The van der Waals surface area contributed by atoms with Crippen LogP contribution in [0.4, 0.5) is 0 Å². The predicted octanol–water partition coefficient (Wildman–Crippen LogP) is 0.368. The minimum atomic E-state index is 0.615. The van der Waals surface area contributed by atoms with Crippen molar-refractivity contribution in [2.24, 2.45) is 5.73 Å². The first kappa shape index (κ1) is 8.83. The molecule has 0 atom stereocenters. The van der Waals surface area contributed by atoms with Gasteiger partial charge >= 0.3 is 0 Å². The molecule has 72 valence electrons. The third kappa shape index (κ3) is 1.77. The SMILES string of the molecule is NCCc1ccc(-c2nn[nH]n2)cc1. The summed E-state index contributed by atoms with van der Waals surface area (Å²) in [6.45, 7) is 0.668. The number of H-pyrrole nitrogens is 1. The first-order valence-electron chi connectivity index (χ1n) is 4.43.